The Kier molecular flexibility index (Phi) is 3.45. The van der Waals surface area contributed by atoms with E-state index in [1.807, 2.05) is 12.1 Å². The third-order valence-electron chi connectivity index (χ3n) is 2.88. The van der Waals surface area contributed by atoms with Crippen molar-refractivity contribution in [3.8, 4) is 5.75 Å². The lowest BCUT2D eigenvalue weighted by Crippen LogP contribution is -2.07. The number of aryl methyl sites for hydroxylation is 1. The second-order valence-corrected chi connectivity index (χ2v) is 4.26. The molecular weight excluding hydrogens is 241 g/mol. The third kappa shape index (κ3) is 2.94. The zero-order chi connectivity index (χ0) is 13.2. The molecule has 4 heteroatoms. The maximum absolute atomic E-state index is 12.1. The van der Waals surface area contributed by atoms with Gasteiger partial charge in [-0.2, -0.15) is 13.2 Å². The van der Waals surface area contributed by atoms with Crippen molar-refractivity contribution in [3.63, 3.8) is 0 Å². The molecule has 0 bridgehead atoms. The lowest BCUT2D eigenvalue weighted by Gasteiger charge is -2.09. The Morgan fingerprint density at radius 2 is 1.67 bits per heavy atom. The Balaban J connectivity index is 2.23. The second kappa shape index (κ2) is 4.88. The van der Waals surface area contributed by atoms with Crippen LogP contribution in [0.15, 0.2) is 36.4 Å². The Hall–Kier alpha value is -1.71. The van der Waals surface area contributed by atoms with E-state index in [0.29, 0.717) is 11.8 Å². The molecule has 2 aromatic rings. The summed E-state index contributed by atoms with van der Waals surface area (Å²) in [4.78, 5) is 0. The first-order valence-corrected chi connectivity index (χ1v) is 5.74. The number of benzene rings is 2. The minimum atomic E-state index is -4.12. The van der Waals surface area contributed by atoms with Crippen LogP contribution < -0.4 is 0 Å². The van der Waals surface area contributed by atoms with Gasteiger partial charge in [0.25, 0.3) is 0 Å². The predicted molar refractivity (Wildman–Crippen MR) is 64.6 cm³/mol. The van der Waals surface area contributed by atoms with E-state index in [1.165, 1.54) is 0 Å². The van der Waals surface area contributed by atoms with Gasteiger partial charge in [-0.25, -0.2) is 0 Å². The zero-order valence-electron chi connectivity index (χ0n) is 9.67. The first-order valence-electron chi connectivity index (χ1n) is 5.74. The number of fused-ring (bicyclic) bond motifs is 1. The van der Waals surface area contributed by atoms with Crippen LogP contribution in [0.2, 0.25) is 0 Å². The fourth-order valence-corrected chi connectivity index (χ4v) is 2.09. The topological polar surface area (TPSA) is 20.2 Å². The van der Waals surface area contributed by atoms with Crippen LogP contribution in [0, 0.1) is 0 Å². The van der Waals surface area contributed by atoms with Gasteiger partial charge < -0.3 is 5.11 Å². The standard InChI is InChI=1S/C14H13F3O/c15-14(16,17)9-3-7-11-5-1-4-10-6-2-8-12(18)13(10)11/h1-2,4-6,8,18H,3,7,9H2. The fourth-order valence-electron chi connectivity index (χ4n) is 2.09. The smallest absolute Gasteiger partial charge is 0.389 e. The van der Waals surface area contributed by atoms with Crippen molar-refractivity contribution < 1.29 is 18.3 Å². The van der Waals surface area contributed by atoms with E-state index in [9.17, 15) is 18.3 Å². The summed E-state index contributed by atoms with van der Waals surface area (Å²) in [7, 11) is 0. The second-order valence-electron chi connectivity index (χ2n) is 4.26. The summed E-state index contributed by atoms with van der Waals surface area (Å²) < 4.78 is 36.3. The molecule has 18 heavy (non-hydrogen) atoms. The van der Waals surface area contributed by atoms with Gasteiger partial charge in [-0.05, 0) is 29.9 Å². The zero-order valence-corrected chi connectivity index (χ0v) is 9.67. The van der Waals surface area contributed by atoms with E-state index in [-0.39, 0.29) is 12.2 Å². The van der Waals surface area contributed by atoms with Gasteiger partial charge in [-0.15, -0.1) is 0 Å². The lowest BCUT2D eigenvalue weighted by molar-refractivity contribution is -0.135. The van der Waals surface area contributed by atoms with Gasteiger partial charge in [0.05, 0.1) is 0 Å². The van der Waals surface area contributed by atoms with E-state index in [2.05, 4.69) is 0 Å². The Labute approximate surface area is 103 Å². The minimum Gasteiger partial charge on any atom is -0.507 e. The average molecular weight is 254 g/mol. The number of aromatic hydroxyl groups is 1. The van der Waals surface area contributed by atoms with Gasteiger partial charge in [0.1, 0.15) is 5.75 Å². The summed E-state index contributed by atoms with van der Waals surface area (Å²) in [5.41, 5.74) is 0.759. The van der Waals surface area contributed by atoms with Crippen molar-refractivity contribution in [2.75, 3.05) is 0 Å². The van der Waals surface area contributed by atoms with Crippen LogP contribution >= 0.6 is 0 Å². The SMILES string of the molecule is Oc1cccc2cccc(CCCC(F)(F)F)c12. The molecule has 0 saturated carbocycles. The number of phenolic OH excluding ortho intramolecular Hbond substituents is 1. The van der Waals surface area contributed by atoms with Crippen LogP contribution in [-0.4, -0.2) is 11.3 Å². The van der Waals surface area contributed by atoms with Crippen molar-refractivity contribution in [2.24, 2.45) is 0 Å². The molecule has 0 aliphatic heterocycles. The number of rotatable bonds is 3. The molecule has 0 fully saturated rings. The molecule has 0 saturated heterocycles. The molecule has 0 aromatic heterocycles. The summed E-state index contributed by atoms with van der Waals surface area (Å²) in [6.07, 6.45) is -4.56. The molecule has 0 aliphatic carbocycles. The maximum atomic E-state index is 12.1. The Bertz CT molecular complexity index is 541. The molecule has 2 rings (SSSR count). The third-order valence-corrected chi connectivity index (χ3v) is 2.88. The van der Waals surface area contributed by atoms with Crippen LogP contribution in [0.25, 0.3) is 10.8 Å². The van der Waals surface area contributed by atoms with Crippen molar-refractivity contribution in [2.45, 2.75) is 25.4 Å². The highest BCUT2D eigenvalue weighted by Gasteiger charge is 2.26. The first-order chi connectivity index (χ1) is 8.47. The molecular formula is C14H13F3O. The predicted octanol–water partition coefficient (Wildman–Crippen LogP) is 4.43. The number of halogens is 3. The molecule has 0 heterocycles. The highest BCUT2D eigenvalue weighted by atomic mass is 19.4. The molecule has 0 unspecified atom stereocenters. The van der Waals surface area contributed by atoms with Gasteiger partial charge in [0.2, 0.25) is 0 Å². The largest absolute Gasteiger partial charge is 0.507 e. The van der Waals surface area contributed by atoms with Crippen molar-refractivity contribution in [1.29, 1.82) is 0 Å². The van der Waals surface area contributed by atoms with E-state index >= 15 is 0 Å². The maximum Gasteiger partial charge on any atom is 0.389 e. The summed E-state index contributed by atoms with van der Waals surface area (Å²) in [6.45, 7) is 0. The summed E-state index contributed by atoms with van der Waals surface area (Å²) >= 11 is 0. The van der Waals surface area contributed by atoms with E-state index < -0.39 is 12.6 Å². The molecule has 96 valence electrons. The van der Waals surface area contributed by atoms with Gasteiger partial charge in [-0.1, -0.05) is 30.3 Å². The average Bonchev–Trinajstić information content (AvgIpc) is 2.27. The van der Waals surface area contributed by atoms with Crippen LogP contribution in [0.5, 0.6) is 5.75 Å². The first kappa shape index (κ1) is 12.7. The normalized spacial score (nSPS) is 11.9. The van der Waals surface area contributed by atoms with Crippen LogP contribution in [0.4, 0.5) is 13.2 Å². The van der Waals surface area contributed by atoms with Crippen molar-refractivity contribution >= 4 is 10.8 Å². The number of alkyl halides is 3. The van der Waals surface area contributed by atoms with E-state index in [4.69, 9.17) is 0 Å². The molecule has 2 aromatic carbocycles. The molecule has 0 atom stereocenters. The summed E-state index contributed by atoms with van der Waals surface area (Å²) in [6, 6.07) is 10.5. The number of phenols is 1. The van der Waals surface area contributed by atoms with Crippen LogP contribution in [0.3, 0.4) is 0 Å². The number of hydrogen-bond acceptors (Lipinski definition) is 1. The summed E-state index contributed by atoms with van der Waals surface area (Å²) in [5, 5.41) is 11.3. The number of hydrogen-bond donors (Lipinski definition) is 1. The molecule has 0 radical (unpaired) electrons. The van der Waals surface area contributed by atoms with Crippen molar-refractivity contribution in [1.82, 2.24) is 0 Å². The quantitative estimate of drug-likeness (QED) is 0.859. The van der Waals surface area contributed by atoms with Crippen LogP contribution in [0.1, 0.15) is 18.4 Å². The highest BCUT2D eigenvalue weighted by Crippen LogP contribution is 2.30. The van der Waals surface area contributed by atoms with Gasteiger partial charge in [0, 0.05) is 11.8 Å². The minimum absolute atomic E-state index is 0.0386. The Morgan fingerprint density at radius 1 is 1.00 bits per heavy atom. The molecule has 0 amide bonds. The molecule has 1 nitrogen and oxygen atoms in total. The summed E-state index contributed by atoms with van der Waals surface area (Å²) in [5.74, 6) is 0.120. The van der Waals surface area contributed by atoms with E-state index in [1.54, 1.807) is 24.3 Å². The van der Waals surface area contributed by atoms with Crippen molar-refractivity contribution in [3.05, 3.63) is 42.0 Å². The highest BCUT2D eigenvalue weighted by molar-refractivity contribution is 5.91. The molecule has 1 N–H and O–H groups in total. The monoisotopic (exact) mass is 254 g/mol. The molecule has 0 spiro atoms. The fraction of sp³-hybridized carbons (Fsp3) is 0.286. The van der Waals surface area contributed by atoms with E-state index in [0.717, 1.165) is 10.9 Å². The van der Waals surface area contributed by atoms with Crippen LogP contribution in [-0.2, 0) is 6.42 Å². The van der Waals surface area contributed by atoms with Gasteiger partial charge in [-0.3, -0.25) is 0 Å². The lowest BCUT2D eigenvalue weighted by atomic mass is 9.99. The van der Waals surface area contributed by atoms with Gasteiger partial charge in [0.15, 0.2) is 0 Å². The molecule has 0 aliphatic rings. The Morgan fingerprint density at radius 3 is 2.33 bits per heavy atom. The van der Waals surface area contributed by atoms with Gasteiger partial charge >= 0.3 is 6.18 Å².